The summed E-state index contributed by atoms with van der Waals surface area (Å²) in [4.78, 5) is 10.6. The molecule has 64 valence electrons. The quantitative estimate of drug-likeness (QED) is 0.488. The third kappa shape index (κ3) is 5.61. The van der Waals surface area contributed by atoms with E-state index in [1.807, 2.05) is 19.1 Å². The van der Waals surface area contributed by atoms with Crippen LogP contribution in [-0.2, 0) is 9.53 Å². The summed E-state index contributed by atoms with van der Waals surface area (Å²) < 4.78 is 4.38. The Hall–Kier alpha value is -0.830. The first-order valence-corrected chi connectivity index (χ1v) is 3.56. The van der Waals surface area contributed by atoms with Crippen LogP contribution < -0.4 is 0 Å². The fraction of sp³-hybridized carbons (Fsp3) is 0.625. The molecule has 0 aliphatic carbocycles. The molecule has 3 nitrogen and oxygen atoms in total. The van der Waals surface area contributed by atoms with Crippen LogP contribution in [0.4, 0.5) is 0 Å². The fourth-order valence-electron chi connectivity index (χ4n) is 0.652. The predicted octanol–water partition coefficient (Wildman–Crippen LogP) is 0.877. The van der Waals surface area contributed by atoms with Crippen LogP contribution in [0, 0.1) is 0 Å². The number of methoxy groups -OCH3 is 1. The van der Waals surface area contributed by atoms with Crippen molar-refractivity contribution in [3.63, 3.8) is 0 Å². The number of aliphatic hydroxyl groups excluding tert-OH is 1. The Bertz CT molecular complexity index is 140. The predicted molar refractivity (Wildman–Crippen MR) is 42.1 cm³/mol. The van der Waals surface area contributed by atoms with Crippen LogP contribution in [-0.4, -0.2) is 24.3 Å². The molecular formula is C8H14O3. The molecular weight excluding hydrogens is 144 g/mol. The highest BCUT2D eigenvalue weighted by Crippen LogP contribution is 1.99. The average molecular weight is 158 g/mol. The maximum absolute atomic E-state index is 10.6. The molecule has 1 N–H and O–H groups in total. The maximum atomic E-state index is 10.6. The van der Waals surface area contributed by atoms with Crippen molar-refractivity contribution in [2.24, 2.45) is 0 Å². The Morgan fingerprint density at radius 3 is 2.82 bits per heavy atom. The van der Waals surface area contributed by atoms with Crippen molar-refractivity contribution >= 4 is 5.97 Å². The van der Waals surface area contributed by atoms with Gasteiger partial charge in [-0.25, -0.2) is 0 Å². The molecule has 0 aliphatic heterocycles. The smallest absolute Gasteiger partial charge is 0.308 e. The van der Waals surface area contributed by atoms with Gasteiger partial charge in [-0.1, -0.05) is 12.2 Å². The highest BCUT2D eigenvalue weighted by atomic mass is 16.5. The van der Waals surface area contributed by atoms with Crippen molar-refractivity contribution in [3.05, 3.63) is 12.2 Å². The van der Waals surface area contributed by atoms with Crippen molar-refractivity contribution in [2.75, 3.05) is 7.11 Å². The van der Waals surface area contributed by atoms with E-state index in [9.17, 15) is 4.79 Å². The van der Waals surface area contributed by atoms with Gasteiger partial charge in [-0.2, -0.15) is 0 Å². The summed E-state index contributed by atoms with van der Waals surface area (Å²) in [6.07, 6.45) is 3.61. The van der Waals surface area contributed by atoms with Gasteiger partial charge in [-0.3, -0.25) is 4.79 Å². The molecule has 1 atom stereocenters. The summed E-state index contributed by atoms with van der Waals surface area (Å²) in [5.41, 5.74) is 0. The van der Waals surface area contributed by atoms with Gasteiger partial charge in [0, 0.05) is 0 Å². The van der Waals surface area contributed by atoms with Crippen LogP contribution in [0.3, 0.4) is 0 Å². The zero-order valence-electron chi connectivity index (χ0n) is 6.91. The second-order valence-corrected chi connectivity index (χ2v) is 2.24. The number of rotatable bonds is 4. The normalized spacial score (nSPS) is 13.4. The zero-order chi connectivity index (χ0) is 8.69. The number of carbonyl (C=O) groups is 1. The number of hydrogen-bond acceptors (Lipinski definition) is 3. The summed E-state index contributed by atoms with van der Waals surface area (Å²) in [6, 6.07) is 0. The van der Waals surface area contributed by atoms with Gasteiger partial charge in [-0.05, 0) is 13.3 Å². The largest absolute Gasteiger partial charge is 0.469 e. The molecule has 0 saturated heterocycles. The second-order valence-electron chi connectivity index (χ2n) is 2.24. The van der Waals surface area contributed by atoms with E-state index in [0.29, 0.717) is 6.42 Å². The number of allylic oxidation sites excluding steroid dienone is 1. The second kappa shape index (κ2) is 5.92. The van der Waals surface area contributed by atoms with Crippen LogP contribution in [0.25, 0.3) is 0 Å². The third-order valence-corrected chi connectivity index (χ3v) is 1.27. The Labute approximate surface area is 66.7 Å². The minimum absolute atomic E-state index is 0.0703. The maximum Gasteiger partial charge on any atom is 0.308 e. The monoisotopic (exact) mass is 158 g/mol. The van der Waals surface area contributed by atoms with Gasteiger partial charge >= 0.3 is 5.97 Å². The number of aliphatic hydroxyl groups is 1. The average Bonchev–Trinajstić information content (AvgIpc) is 2.00. The van der Waals surface area contributed by atoms with Crippen LogP contribution >= 0.6 is 0 Å². The summed E-state index contributed by atoms with van der Waals surface area (Å²) in [5, 5.41) is 9.13. The van der Waals surface area contributed by atoms with E-state index in [-0.39, 0.29) is 12.4 Å². The lowest BCUT2D eigenvalue weighted by Crippen LogP contribution is -2.13. The zero-order valence-corrected chi connectivity index (χ0v) is 6.91. The van der Waals surface area contributed by atoms with E-state index in [2.05, 4.69) is 4.74 Å². The molecule has 0 spiro atoms. The topological polar surface area (TPSA) is 46.5 Å². The summed E-state index contributed by atoms with van der Waals surface area (Å²) in [6.45, 7) is 1.87. The van der Waals surface area contributed by atoms with Crippen molar-refractivity contribution in [1.29, 1.82) is 0 Å². The van der Waals surface area contributed by atoms with Gasteiger partial charge in [-0.15, -0.1) is 0 Å². The molecule has 0 bridgehead atoms. The van der Waals surface area contributed by atoms with Crippen molar-refractivity contribution < 1.29 is 14.6 Å². The number of ether oxygens (including phenoxy) is 1. The molecule has 0 unspecified atom stereocenters. The van der Waals surface area contributed by atoms with Crippen LogP contribution in [0.5, 0.6) is 0 Å². The number of carbonyl (C=O) groups excluding carboxylic acids is 1. The van der Waals surface area contributed by atoms with Gasteiger partial charge in [0.05, 0.1) is 19.6 Å². The molecule has 0 saturated carbocycles. The van der Waals surface area contributed by atoms with E-state index in [1.165, 1.54) is 7.11 Å². The first-order valence-electron chi connectivity index (χ1n) is 3.56. The first kappa shape index (κ1) is 10.2. The Morgan fingerprint density at radius 2 is 2.36 bits per heavy atom. The molecule has 0 rings (SSSR count). The van der Waals surface area contributed by atoms with E-state index in [0.717, 1.165) is 0 Å². The van der Waals surface area contributed by atoms with Crippen molar-refractivity contribution in [1.82, 2.24) is 0 Å². The molecule has 3 heteroatoms. The molecule has 0 fully saturated rings. The Balaban J connectivity index is 3.51. The summed E-state index contributed by atoms with van der Waals surface area (Å²) >= 11 is 0. The lowest BCUT2D eigenvalue weighted by molar-refractivity contribution is -0.142. The van der Waals surface area contributed by atoms with Crippen LogP contribution in [0.1, 0.15) is 19.8 Å². The van der Waals surface area contributed by atoms with E-state index >= 15 is 0 Å². The minimum Gasteiger partial charge on any atom is -0.469 e. The minimum atomic E-state index is -0.612. The van der Waals surface area contributed by atoms with E-state index in [4.69, 9.17) is 5.11 Å². The third-order valence-electron chi connectivity index (χ3n) is 1.27. The standard InChI is InChI=1S/C8H14O3/c1-3-4-5-7(9)6-8(10)11-2/h3-4,7,9H,5-6H2,1-2H3/b4-3-/t7-/m1/s1. The Kier molecular flexibility index (Phi) is 5.47. The molecule has 0 radical (unpaired) electrons. The van der Waals surface area contributed by atoms with Crippen molar-refractivity contribution in [3.8, 4) is 0 Å². The van der Waals surface area contributed by atoms with Gasteiger partial charge in [0.2, 0.25) is 0 Å². The van der Waals surface area contributed by atoms with Gasteiger partial charge in [0.15, 0.2) is 0 Å². The van der Waals surface area contributed by atoms with Gasteiger partial charge < -0.3 is 9.84 Å². The highest BCUT2D eigenvalue weighted by molar-refractivity contribution is 5.69. The molecule has 0 aliphatic rings. The molecule has 11 heavy (non-hydrogen) atoms. The lowest BCUT2D eigenvalue weighted by atomic mass is 10.2. The number of hydrogen-bond donors (Lipinski definition) is 1. The SMILES string of the molecule is C/C=C\C[C@@H](O)CC(=O)OC. The van der Waals surface area contributed by atoms with E-state index in [1.54, 1.807) is 0 Å². The molecule has 0 amide bonds. The summed E-state index contributed by atoms with van der Waals surface area (Å²) in [5.74, 6) is -0.373. The van der Waals surface area contributed by atoms with Crippen molar-refractivity contribution in [2.45, 2.75) is 25.9 Å². The first-order chi connectivity index (χ1) is 5.20. The highest BCUT2D eigenvalue weighted by Gasteiger charge is 2.08. The van der Waals surface area contributed by atoms with Gasteiger partial charge in [0.1, 0.15) is 0 Å². The molecule has 0 aromatic carbocycles. The van der Waals surface area contributed by atoms with Crippen LogP contribution in [0.2, 0.25) is 0 Å². The lowest BCUT2D eigenvalue weighted by Gasteiger charge is -2.04. The van der Waals surface area contributed by atoms with E-state index < -0.39 is 6.10 Å². The number of esters is 1. The Morgan fingerprint density at radius 1 is 1.73 bits per heavy atom. The van der Waals surface area contributed by atoms with Crippen LogP contribution in [0.15, 0.2) is 12.2 Å². The molecule has 0 heterocycles. The summed E-state index contributed by atoms with van der Waals surface area (Å²) in [7, 11) is 1.31. The molecule has 0 aromatic rings. The molecule has 0 aromatic heterocycles. The van der Waals surface area contributed by atoms with Gasteiger partial charge in [0.25, 0.3) is 0 Å². The fourth-order valence-corrected chi connectivity index (χ4v) is 0.652.